The van der Waals surface area contributed by atoms with Gasteiger partial charge in [0.1, 0.15) is 0 Å². The van der Waals surface area contributed by atoms with Crippen molar-refractivity contribution in [3.63, 3.8) is 0 Å². The van der Waals surface area contributed by atoms with Gasteiger partial charge in [0.15, 0.2) is 0 Å². The van der Waals surface area contributed by atoms with Crippen LogP contribution in [0.25, 0.3) is 0 Å². The van der Waals surface area contributed by atoms with Gasteiger partial charge in [0, 0.05) is 13.7 Å². The first-order valence-corrected chi connectivity index (χ1v) is 5.31. The Kier molecular flexibility index (Phi) is 6.31. The molecule has 0 aromatic carbocycles. The van der Waals surface area contributed by atoms with Crippen LogP contribution in [0.3, 0.4) is 0 Å². The largest absolute Gasteiger partial charge is 0.391 e. The molecule has 0 rings (SSSR count). The predicted octanol–water partition coefficient (Wildman–Crippen LogP) is 0.673. The number of aliphatic hydroxyl groups is 1. The van der Waals surface area contributed by atoms with E-state index in [-0.39, 0.29) is 5.91 Å². The molecule has 0 spiro atoms. The van der Waals surface area contributed by atoms with Gasteiger partial charge in [0.25, 0.3) is 0 Å². The second kappa shape index (κ2) is 6.37. The molecule has 1 amide bonds. The number of nitrogens with one attached hydrogen (secondary N) is 1. The van der Waals surface area contributed by atoms with Gasteiger partial charge in [-0.05, 0) is 20.3 Å². The fourth-order valence-electron chi connectivity index (χ4n) is 0.838. The van der Waals surface area contributed by atoms with Crippen molar-refractivity contribution in [3.8, 4) is 0 Å². The number of halogens is 1. The Morgan fingerprint density at radius 1 is 1.64 bits per heavy atom. The standard InChI is InChI=1S/C9H18BrNO3/c1-9(2,10)8(13)11-5-4-7(12)6-14-3/h7,12H,4-6H2,1-3H3,(H,11,13). The van der Waals surface area contributed by atoms with E-state index >= 15 is 0 Å². The first-order valence-electron chi connectivity index (χ1n) is 4.52. The number of carbonyl (C=O) groups excluding carboxylic acids is 1. The van der Waals surface area contributed by atoms with Gasteiger partial charge < -0.3 is 15.2 Å². The summed E-state index contributed by atoms with van der Waals surface area (Å²) in [4.78, 5) is 11.3. The van der Waals surface area contributed by atoms with Gasteiger partial charge in [-0.1, -0.05) is 15.9 Å². The minimum atomic E-state index is -0.556. The van der Waals surface area contributed by atoms with E-state index in [1.54, 1.807) is 13.8 Å². The van der Waals surface area contributed by atoms with Crippen molar-refractivity contribution < 1.29 is 14.6 Å². The monoisotopic (exact) mass is 267 g/mol. The zero-order valence-electron chi connectivity index (χ0n) is 8.84. The zero-order chi connectivity index (χ0) is 11.2. The third kappa shape index (κ3) is 6.34. The molecule has 1 unspecified atom stereocenters. The Balaban J connectivity index is 3.59. The average Bonchev–Trinajstić information content (AvgIpc) is 2.02. The van der Waals surface area contributed by atoms with Crippen LogP contribution in [0.4, 0.5) is 0 Å². The second-order valence-electron chi connectivity index (χ2n) is 3.63. The number of hydrogen-bond acceptors (Lipinski definition) is 3. The van der Waals surface area contributed by atoms with Crippen LogP contribution >= 0.6 is 15.9 Å². The van der Waals surface area contributed by atoms with Crippen molar-refractivity contribution >= 4 is 21.8 Å². The maximum absolute atomic E-state index is 11.3. The Morgan fingerprint density at radius 3 is 2.64 bits per heavy atom. The summed E-state index contributed by atoms with van der Waals surface area (Å²) in [6.07, 6.45) is -0.0124. The van der Waals surface area contributed by atoms with Gasteiger partial charge >= 0.3 is 0 Å². The molecule has 2 N–H and O–H groups in total. The highest BCUT2D eigenvalue weighted by molar-refractivity contribution is 9.10. The van der Waals surface area contributed by atoms with E-state index in [2.05, 4.69) is 21.2 Å². The Hall–Kier alpha value is -0.130. The molecule has 0 saturated heterocycles. The molecule has 0 saturated carbocycles. The molecule has 4 nitrogen and oxygen atoms in total. The predicted molar refractivity (Wildman–Crippen MR) is 58.5 cm³/mol. The maximum Gasteiger partial charge on any atom is 0.236 e. The van der Waals surface area contributed by atoms with E-state index in [4.69, 9.17) is 4.74 Å². The van der Waals surface area contributed by atoms with E-state index in [9.17, 15) is 9.90 Å². The minimum Gasteiger partial charge on any atom is -0.391 e. The van der Waals surface area contributed by atoms with Crippen molar-refractivity contribution in [3.05, 3.63) is 0 Å². The lowest BCUT2D eigenvalue weighted by Gasteiger charge is -2.16. The van der Waals surface area contributed by atoms with E-state index in [0.717, 1.165) is 0 Å². The number of rotatable bonds is 6. The second-order valence-corrected chi connectivity index (χ2v) is 5.61. The highest BCUT2D eigenvalue weighted by Crippen LogP contribution is 2.14. The van der Waals surface area contributed by atoms with Crippen molar-refractivity contribution in [2.24, 2.45) is 0 Å². The van der Waals surface area contributed by atoms with Crippen LogP contribution in [0.15, 0.2) is 0 Å². The summed E-state index contributed by atoms with van der Waals surface area (Å²) in [7, 11) is 1.53. The summed E-state index contributed by atoms with van der Waals surface area (Å²) in [5.41, 5.74) is 0. The maximum atomic E-state index is 11.3. The fourth-order valence-corrected chi connectivity index (χ4v) is 0.978. The lowest BCUT2D eigenvalue weighted by atomic mass is 10.2. The zero-order valence-corrected chi connectivity index (χ0v) is 10.4. The Bertz CT molecular complexity index is 179. The summed E-state index contributed by atoms with van der Waals surface area (Å²) < 4.78 is 4.20. The van der Waals surface area contributed by atoms with E-state index < -0.39 is 10.4 Å². The molecular formula is C9H18BrNO3. The number of ether oxygens (including phenoxy) is 1. The molecule has 14 heavy (non-hydrogen) atoms. The van der Waals surface area contributed by atoms with Crippen molar-refractivity contribution in [2.45, 2.75) is 30.7 Å². The van der Waals surface area contributed by atoms with Gasteiger partial charge in [-0.3, -0.25) is 4.79 Å². The van der Waals surface area contributed by atoms with Crippen LogP contribution in [0.5, 0.6) is 0 Å². The molecule has 1 atom stereocenters. The smallest absolute Gasteiger partial charge is 0.236 e. The fraction of sp³-hybridized carbons (Fsp3) is 0.889. The lowest BCUT2D eigenvalue weighted by molar-refractivity contribution is -0.122. The van der Waals surface area contributed by atoms with Crippen molar-refractivity contribution in [1.29, 1.82) is 0 Å². The number of carbonyl (C=O) groups is 1. The molecule has 0 bridgehead atoms. The van der Waals surface area contributed by atoms with Gasteiger partial charge in [-0.25, -0.2) is 0 Å². The summed E-state index contributed by atoms with van der Waals surface area (Å²) >= 11 is 3.24. The van der Waals surface area contributed by atoms with Crippen LogP contribution in [0, 0.1) is 0 Å². The average molecular weight is 268 g/mol. The van der Waals surface area contributed by atoms with E-state index in [0.29, 0.717) is 19.6 Å². The molecule has 0 aliphatic heterocycles. The lowest BCUT2D eigenvalue weighted by Crippen LogP contribution is -2.39. The van der Waals surface area contributed by atoms with Gasteiger partial charge in [0.2, 0.25) is 5.91 Å². The number of hydrogen-bond donors (Lipinski definition) is 2. The molecule has 0 aliphatic rings. The molecule has 0 radical (unpaired) electrons. The van der Waals surface area contributed by atoms with Gasteiger partial charge in [-0.2, -0.15) is 0 Å². The van der Waals surface area contributed by atoms with Crippen LogP contribution < -0.4 is 5.32 Å². The first-order chi connectivity index (χ1) is 6.38. The topological polar surface area (TPSA) is 58.6 Å². The van der Waals surface area contributed by atoms with Crippen LogP contribution in [-0.4, -0.2) is 41.7 Å². The van der Waals surface area contributed by atoms with Gasteiger partial charge in [0.05, 0.1) is 17.0 Å². The van der Waals surface area contributed by atoms with Crippen molar-refractivity contribution in [2.75, 3.05) is 20.3 Å². The summed E-state index contributed by atoms with van der Waals surface area (Å²) in [5, 5.41) is 12.0. The highest BCUT2D eigenvalue weighted by Gasteiger charge is 2.22. The number of methoxy groups -OCH3 is 1. The van der Waals surface area contributed by atoms with Crippen LogP contribution in [0.2, 0.25) is 0 Å². The van der Waals surface area contributed by atoms with Crippen LogP contribution in [0.1, 0.15) is 20.3 Å². The molecule has 0 aliphatic carbocycles. The highest BCUT2D eigenvalue weighted by atomic mass is 79.9. The molecule has 0 aromatic rings. The summed E-state index contributed by atoms with van der Waals surface area (Å²) in [6, 6.07) is 0. The molecule has 5 heteroatoms. The Morgan fingerprint density at radius 2 is 2.21 bits per heavy atom. The summed E-state index contributed by atoms with van der Waals surface area (Å²) in [5.74, 6) is -0.0814. The molecule has 0 heterocycles. The molecule has 84 valence electrons. The molecular weight excluding hydrogens is 250 g/mol. The van der Waals surface area contributed by atoms with E-state index in [1.807, 2.05) is 0 Å². The van der Waals surface area contributed by atoms with E-state index in [1.165, 1.54) is 7.11 Å². The molecule has 0 fully saturated rings. The van der Waals surface area contributed by atoms with Crippen molar-refractivity contribution in [1.82, 2.24) is 5.32 Å². The normalized spacial score (nSPS) is 13.8. The minimum absolute atomic E-state index is 0.0814. The summed E-state index contributed by atoms with van der Waals surface area (Å²) in [6.45, 7) is 4.30. The number of aliphatic hydroxyl groups excluding tert-OH is 1. The third-order valence-corrected chi connectivity index (χ3v) is 2.02. The number of alkyl halides is 1. The van der Waals surface area contributed by atoms with Crippen LogP contribution in [-0.2, 0) is 9.53 Å². The number of amides is 1. The quantitative estimate of drug-likeness (QED) is 0.696. The third-order valence-electron chi connectivity index (χ3n) is 1.66. The van der Waals surface area contributed by atoms with Gasteiger partial charge in [-0.15, -0.1) is 0 Å². The molecule has 0 aromatic heterocycles. The first kappa shape index (κ1) is 13.9. The Labute approximate surface area is 93.1 Å². The SMILES string of the molecule is COCC(O)CCNC(=O)C(C)(C)Br.